The maximum Gasteiger partial charge on any atom is 0.334 e. The highest BCUT2D eigenvalue weighted by atomic mass is 19.1. The van der Waals surface area contributed by atoms with Crippen LogP contribution in [0.15, 0.2) is 18.2 Å². The minimum Gasteiger partial charge on any atom is -0.479 e. The number of carbonyl (C=O) groups excluding carboxylic acids is 2. The van der Waals surface area contributed by atoms with E-state index in [1.807, 2.05) is 0 Å². The van der Waals surface area contributed by atoms with Crippen LogP contribution in [0.2, 0.25) is 0 Å². The standard InChI is InChI=1S/C15H15FN2O5/c16-8-1-2-9-10(6-13(19)17-11(9)5-8)14(20)18-3-4-23-12(7-18)15(21)22/h1-2,5,10,12H,3-4,6-7H2,(H,17,19)(H,21,22)/t10-,12-/m0/s1. The summed E-state index contributed by atoms with van der Waals surface area (Å²) in [6, 6.07) is 3.88. The highest BCUT2D eigenvalue weighted by Gasteiger charge is 2.37. The number of ether oxygens (including phenoxy) is 1. The number of carboxylic acids is 1. The molecule has 3 rings (SSSR count). The number of morpholine rings is 1. The maximum absolute atomic E-state index is 13.3. The summed E-state index contributed by atoms with van der Waals surface area (Å²) in [6.45, 7) is 0.317. The van der Waals surface area contributed by atoms with Crippen molar-refractivity contribution in [3.63, 3.8) is 0 Å². The van der Waals surface area contributed by atoms with Crippen LogP contribution in [-0.4, -0.2) is 53.6 Å². The van der Waals surface area contributed by atoms with Gasteiger partial charge in [0, 0.05) is 18.7 Å². The van der Waals surface area contributed by atoms with Crippen molar-refractivity contribution >= 4 is 23.5 Å². The van der Waals surface area contributed by atoms with Crippen LogP contribution >= 0.6 is 0 Å². The van der Waals surface area contributed by atoms with Crippen LogP contribution in [0.3, 0.4) is 0 Å². The molecule has 0 unspecified atom stereocenters. The molecule has 7 nitrogen and oxygen atoms in total. The highest BCUT2D eigenvalue weighted by molar-refractivity contribution is 6.01. The number of fused-ring (bicyclic) bond motifs is 1. The summed E-state index contributed by atoms with van der Waals surface area (Å²) in [5, 5.41) is 11.6. The van der Waals surface area contributed by atoms with Gasteiger partial charge in [0.2, 0.25) is 11.8 Å². The Kier molecular flexibility index (Phi) is 3.99. The van der Waals surface area contributed by atoms with Gasteiger partial charge < -0.3 is 20.1 Å². The number of halogens is 1. The van der Waals surface area contributed by atoms with E-state index in [1.54, 1.807) is 0 Å². The Bertz CT molecular complexity index is 678. The van der Waals surface area contributed by atoms with Gasteiger partial charge in [0.1, 0.15) is 5.82 Å². The second-order valence-corrected chi connectivity index (χ2v) is 5.52. The van der Waals surface area contributed by atoms with Crippen molar-refractivity contribution in [1.82, 2.24) is 4.90 Å². The number of hydrogen-bond acceptors (Lipinski definition) is 4. The Morgan fingerprint density at radius 2 is 2.17 bits per heavy atom. The molecular weight excluding hydrogens is 307 g/mol. The molecule has 0 saturated carbocycles. The van der Waals surface area contributed by atoms with Gasteiger partial charge in [-0.2, -0.15) is 0 Å². The number of nitrogens with one attached hydrogen (secondary N) is 1. The summed E-state index contributed by atoms with van der Waals surface area (Å²) in [4.78, 5) is 36.9. The predicted octanol–water partition coefficient (Wildman–Crippen LogP) is 0.564. The number of amides is 2. The van der Waals surface area contributed by atoms with Crippen molar-refractivity contribution in [2.24, 2.45) is 0 Å². The molecule has 0 aliphatic carbocycles. The molecule has 8 heteroatoms. The van der Waals surface area contributed by atoms with E-state index >= 15 is 0 Å². The SMILES string of the molecule is O=C1C[C@H](C(=O)N2CCO[C@H](C(=O)O)C2)c2ccc(F)cc2N1. The first-order chi connectivity index (χ1) is 11.0. The molecule has 1 aromatic rings. The molecule has 122 valence electrons. The summed E-state index contributed by atoms with van der Waals surface area (Å²) in [5.41, 5.74) is 0.817. The number of benzene rings is 1. The van der Waals surface area contributed by atoms with Gasteiger partial charge in [-0.3, -0.25) is 9.59 Å². The number of hydrogen-bond donors (Lipinski definition) is 2. The molecule has 1 saturated heterocycles. The Balaban J connectivity index is 1.85. The fraction of sp³-hybridized carbons (Fsp3) is 0.400. The molecule has 2 aliphatic rings. The van der Waals surface area contributed by atoms with Crippen molar-refractivity contribution in [3.05, 3.63) is 29.6 Å². The van der Waals surface area contributed by atoms with Crippen LogP contribution in [0.25, 0.3) is 0 Å². The summed E-state index contributed by atoms with van der Waals surface area (Å²) in [7, 11) is 0. The third kappa shape index (κ3) is 3.02. The predicted molar refractivity (Wildman–Crippen MR) is 76.3 cm³/mol. The Morgan fingerprint density at radius 1 is 1.39 bits per heavy atom. The zero-order valence-electron chi connectivity index (χ0n) is 12.1. The highest BCUT2D eigenvalue weighted by Crippen LogP contribution is 2.34. The summed E-state index contributed by atoms with van der Waals surface area (Å²) >= 11 is 0. The first-order valence-corrected chi connectivity index (χ1v) is 7.18. The van der Waals surface area contributed by atoms with E-state index in [2.05, 4.69) is 5.32 Å². The van der Waals surface area contributed by atoms with Gasteiger partial charge in [-0.1, -0.05) is 6.07 Å². The third-order valence-electron chi connectivity index (χ3n) is 4.01. The average Bonchev–Trinajstić information content (AvgIpc) is 2.53. The van der Waals surface area contributed by atoms with Crippen LogP contribution in [0.5, 0.6) is 0 Å². The number of rotatable bonds is 2. The van der Waals surface area contributed by atoms with E-state index in [4.69, 9.17) is 9.84 Å². The Hall–Kier alpha value is -2.48. The molecule has 2 N–H and O–H groups in total. The molecular formula is C15H15FN2O5. The molecule has 2 aliphatic heterocycles. The van der Waals surface area contributed by atoms with Crippen LogP contribution < -0.4 is 5.32 Å². The second kappa shape index (κ2) is 5.96. The average molecular weight is 322 g/mol. The van der Waals surface area contributed by atoms with Crippen molar-refractivity contribution < 1.29 is 28.6 Å². The lowest BCUT2D eigenvalue weighted by atomic mass is 9.89. The molecule has 0 radical (unpaired) electrons. The molecule has 2 heterocycles. The van der Waals surface area contributed by atoms with Gasteiger partial charge in [0.25, 0.3) is 0 Å². The third-order valence-corrected chi connectivity index (χ3v) is 4.01. The fourth-order valence-electron chi connectivity index (χ4n) is 2.88. The molecule has 23 heavy (non-hydrogen) atoms. The number of nitrogens with zero attached hydrogens (tertiary/aromatic N) is 1. The largest absolute Gasteiger partial charge is 0.479 e. The number of carbonyl (C=O) groups is 3. The molecule has 0 aromatic heterocycles. The van der Waals surface area contributed by atoms with Crippen LogP contribution in [-0.2, 0) is 19.1 Å². The summed E-state index contributed by atoms with van der Waals surface area (Å²) in [5.74, 6) is -3.10. The minimum absolute atomic E-state index is 0.0490. The topological polar surface area (TPSA) is 95.9 Å². The van der Waals surface area contributed by atoms with Crippen molar-refractivity contribution in [1.29, 1.82) is 0 Å². The molecule has 2 amide bonds. The van der Waals surface area contributed by atoms with Gasteiger partial charge in [0.15, 0.2) is 6.10 Å². The lowest BCUT2D eigenvalue weighted by Crippen LogP contribution is -2.50. The minimum atomic E-state index is -1.13. The quantitative estimate of drug-likeness (QED) is 0.829. The first-order valence-electron chi connectivity index (χ1n) is 7.18. The van der Waals surface area contributed by atoms with Crippen LogP contribution in [0.1, 0.15) is 17.9 Å². The smallest absolute Gasteiger partial charge is 0.334 e. The van der Waals surface area contributed by atoms with Crippen LogP contribution in [0, 0.1) is 5.82 Å². The number of anilines is 1. The molecule has 1 aromatic carbocycles. The summed E-state index contributed by atoms with van der Waals surface area (Å²) < 4.78 is 18.4. The fourth-order valence-corrected chi connectivity index (χ4v) is 2.88. The molecule has 0 spiro atoms. The Morgan fingerprint density at radius 3 is 2.91 bits per heavy atom. The van der Waals surface area contributed by atoms with E-state index in [0.717, 1.165) is 0 Å². The monoisotopic (exact) mass is 322 g/mol. The first kappa shape index (κ1) is 15.4. The van der Waals surface area contributed by atoms with E-state index in [-0.39, 0.29) is 43.6 Å². The number of carboxylic acid groups (broad SMARTS) is 1. The lowest BCUT2D eigenvalue weighted by molar-refractivity contribution is -0.160. The lowest BCUT2D eigenvalue weighted by Gasteiger charge is -2.35. The maximum atomic E-state index is 13.3. The van der Waals surface area contributed by atoms with Crippen molar-refractivity contribution in [2.75, 3.05) is 25.0 Å². The van der Waals surface area contributed by atoms with E-state index in [1.165, 1.54) is 23.1 Å². The zero-order chi connectivity index (χ0) is 16.6. The van der Waals surface area contributed by atoms with Gasteiger partial charge in [-0.05, 0) is 17.7 Å². The van der Waals surface area contributed by atoms with Crippen molar-refractivity contribution in [2.45, 2.75) is 18.4 Å². The second-order valence-electron chi connectivity index (χ2n) is 5.52. The molecule has 2 atom stereocenters. The summed E-state index contributed by atoms with van der Waals surface area (Å²) in [6.07, 6.45) is -1.12. The molecule has 0 bridgehead atoms. The van der Waals surface area contributed by atoms with Gasteiger partial charge >= 0.3 is 5.97 Å². The van der Waals surface area contributed by atoms with Crippen LogP contribution in [0.4, 0.5) is 10.1 Å². The normalized spacial score (nSPS) is 23.9. The van der Waals surface area contributed by atoms with E-state index < -0.39 is 23.8 Å². The van der Waals surface area contributed by atoms with Gasteiger partial charge in [-0.15, -0.1) is 0 Å². The zero-order valence-corrected chi connectivity index (χ0v) is 12.1. The van der Waals surface area contributed by atoms with Gasteiger partial charge in [-0.25, -0.2) is 9.18 Å². The number of aliphatic carboxylic acids is 1. The van der Waals surface area contributed by atoms with Gasteiger partial charge in [0.05, 0.1) is 19.1 Å². The Labute approximate surface area is 131 Å². The van der Waals surface area contributed by atoms with Crippen molar-refractivity contribution in [3.8, 4) is 0 Å². The van der Waals surface area contributed by atoms with E-state index in [9.17, 15) is 18.8 Å². The molecule has 1 fully saturated rings. The van der Waals surface area contributed by atoms with E-state index in [0.29, 0.717) is 5.56 Å².